The van der Waals surface area contributed by atoms with Crippen LogP contribution >= 0.6 is 11.6 Å². The molecular weight excluding hydrogens is 280 g/mol. The summed E-state index contributed by atoms with van der Waals surface area (Å²) in [7, 11) is 1.56. The van der Waals surface area contributed by atoms with Crippen LogP contribution in [0, 0.1) is 0 Å². The third kappa shape index (κ3) is 3.42. The average Bonchev–Trinajstić information content (AvgIpc) is 2.82. The largest absolute Gasteiger partial charge is 0.496 e. The predicted molar refractivity (Wildman–Crippen MR) is 76.5 cm³/mol. The summed E-state index contributed by atoms with van der Waals surface area (Å²) in [6.07, 6.45) is 3.08. The number of aromatic nitrogens is 2. The molecule has 0 aliphatic heterocycles. The van der Waals surface area contributed by atoms with Gasteiger partial charge in [-0.2, -0.15) is 5.10 Å². The summed E-state index contributed by atoms with van der Waals surface area (Å²) in [6.45, 7) is 0.391. The van der Waals surface area contributed by atoms with Gasteiger partial charge in [0.05, 0.1) is 19.0 Å². The summed E-state index contributed by atoms with van der Waals surface area (Å²) in [5.74, 6) is 0.455. The highest BCUT2D eigenvalue weighted by atomic mass is 35.5. The average molecular weight is 295 g/mol. The standard InChI is InChI=1S/C13H15ClN4O2/c1-20-12-4-2-3-11(14)10(12)6-16-13(19)8-18-7-9(15)5-17-18/h2-5,7H,6,8,15H2,1H3,(H,16,19). The number of methoxy groups -OCH3 is 1. The van der Waals surface area contributed by atoms with Crippen LogP contribution in [0.2, 0.25) is 5.02 Å². The molecule has 7 heteroatoms. The number of hydrogen-bond acceptors (Lipinski definition) is 4. The molecule has 1 aromatic carbocycles. The van der Waals surface area contributed by atoms with Gasteiger partial charge in [0, 0.05) is 23.3 Å². The number of amides is 1. The van der Waals surface area contributed by atoms with Crippen molar-refractivity contribution in [3.63, 3.8) is 0 Å². The lowest BCUT2D eigenvalue weighted by molar-refractivity contribution is -0.122. The van der Waals surface area contributed by atoms with Gasteiger partial charge in [-0.05, 0) is 12.1 Å². The molecule has 0 aliphatic carbocycles. The van der Waals surface area contributed by atoms with Crippen LogP contribution in [-0.4, -0.2) is 22.8 Å². The molecule has 1 amide bonds. The monoisotopic (exact) mass is 294 g/mol. The zero-order chi connectivity index (χ0) is 14.5. The van der Waals surface area contributed by atoms with Gasteiger partial charge in [-0.15, -0.1) is 0 Å². The van der Waals surface area contributed by atoms with Gasteiger partial charge in [-0.25, -0.2) is 0 Å². The van der Waals surface area contributed by atoms with E-state index in [0.29, 0.717) is 23.0 Å². The second-order valence-electron chi connectivity index (χ2n) is 4.17. The Kier molecular flexibility index (Phi) is 4.47. The number of nitrogen functional groups attached to an aromatic ring is 1. The number of halogens is 1. The summed E-state index contributed by atoms with van der Waals surface area (Å²) in [5, 5.41) is 7.26. The van der Waals surface area contributed by atoms with Crippen molar-refractivity contribution in [2.45, 2.75) is 13.1 Å². The van der Waals surface area contributed by atoms with E-state index >= 15 is 0 Å². The van der Waals surface area contributed by atoms with Crippen molar-refractivity contribution in [3.05, 3.63) is 41.2 Å². The minimum Gasteiger partial charge on any atom is -0.496 e. The maximum absolute atomic E-state index is 11.8. The van der Waals surface area contributed by atoms with Crippen molar-refractivity contribution < 1.29 is 9.53 Å². The highest BCUT2D eigenvalue weighted by Gasteiger charge is 2.10. The molecule has 106 valence electrons. The number of anilines is 1. The molecule has 3 N–H and O–H groups in total. The molecule has 0 bridgehead atoms. The molecule has 2 rings (SSSR count). The first kappa shape index (κ1) is 14.2. The third-order valence-corrected chi connectivity index (χ3v) is 3.07. The van der Waals surface area contributed by atoms with E-state index in [1.165, 1.54) is 10.9 Å². The molecule has 0 unspecified atom stereocenters. The van der Waals surface area contributed by atoms with Crippen molar-refractivity contribution >= 4 is 23.2 Å². The molecule has 1 aromatic heterocycles. The van der Waals surface area contributed by atoms with Gasteiger partial charge in [-0.3, -0.25) is 9.48 Å². The fourth-order valence-corrected chi connectivity index (χ4v) is 1.99. The van der Waals surface area contributed by atoms with Crippen molar-refractivity contribution in [3.8, 4) is 5.75 Å². The van der Waals surface area contributed by atoms with E-state index in [1.54, 1.807) is 31.5 Å². The highest BCUT2D eigenvalue weighted by molar-refractivity contribution is 6.31. The van der Waals surface area contributed by atoms with Crippen LogP contribution in [0.3, 0.4) is 0 Å². The van der Waals surface area contributed by atoms with E-state index in [9.17, 15) is 4.79 Å². The first-order valence-corrected chi connectivity index (χ1v) is 6.34. The van der Waals surface area contributed by atoms with Crippen LogP contribution < -0.4 is 15.8 Å². The van der Waals surface area contributed by atoms with Gasteiger partial charge in [0.2, 0.25) is 5.91 Å². The summed E-state index contributed by atoms with van der Waals surface area (Å²) >= 11 is 6.09. The van der Waals surface area contributed by atoms with Crippen LogP contribution in [0.25, 0.3) is 0 Å². The van der Waals surface area contributed by atoms with Gasteiger partial charge in [0.1, 0.15) is 12.3 Å². The normalized spacial score (nSPS) is 10.3. The van der Waals surface area contributed by atoms with Gasteiger partial charge in [0.25, 0.3) is 0 Å². The Bertz CT molecular complexity index is 612. The van der Waals surface area contributed by atoms with Crippen LogP contribution in [0.5, 0.6) is 5.75 Å². The van der Waals surface area contributed by atoms with Crippen LogP contribution in [-0.2, 0) is 17.9 Å². The van der Waals surface area contributed by atoms with Crippen molar-refractivity contribution in [2.75, 3.05) is 12.8 Å². The van der Waals surface area contributed by atoms with Crippen molar-refractivity contribution in [2.24, 2.45) is 0 Å². The van der Waals surface area contributed by atoms with E-state index < -0.39 is 0 Å². The molecular formula is C13H15ClN4O2. The fourth-order valence-electron chi connectivity index (χ4n) is 1.76. The fraction of sp³-hybridized carbons (Fsp3) is 0.231. The molecule has 20 heavy (non-hydrogen) atoms. The zero-order valence-electron chi connectivity index (χ0n) is 11.0. The van der Waals surface area contributed by atoms with E-state index in [2.05, 4.69) is 10.4 Å². The maximum atomic E-state index is 11.8. The van der Waals surface area contributed by atoms with Crippen molar-refractivity contribution in [1.29, 1.82) is 0 Å². The number of nitrogens with zero attached hydrogens (tertiary/aromatic N) is 2. The van der Waals surface area contributed by atoms with E-state index in [0.717, 1.165) is 5.56 Å². The molecule has 0 saturated heterocycles. The first-order chi connectivity index (χ1) is 9.60. The molecule has 1 heterocycles. The van der Waals surface area contributed by atoms with Crippen LogP contribution in [0.15, 0.2) is 30.6 Å². The number of carbonyl (C=O) groups is 1. The molecule has 0 spiro atoms. The number of rotatable bonds is 5. The number of ether oxygens (including phenoxy) is 1. The Morgan fingerprint density at radius 3 is 3.00 bits per heavy atom. The Hall–Kier alpha value is -2.21. The molecule has 0 aliphatic rings. The Morgan fingerprint density at radius 2 is 2.35 bits per heavy atom. The molecule has 0 fully saturated rings. The van der Waals surface area contributed by atoms with Crippen LogP contribution in [0.1, 0.15) is 5.56 Å². The molecule has 0 radical (unpaired) electrons. The lowest BCUT2D eigenvalue weighted by Gasteiger charge is -2.11. The van der Waals surface area contributed by atoms with E-state index in [-0.39, 0.29) is 12.5 Å². The van der Waals surface area contributed by atoms with E-state index in [4.69, 9.17) is 22.1 Å². The SMILES string of the molecule is COc1cccc(Cl)c1CNC(=O)Cn1cc(N)cn1. The number of nitrogens with one attached hydrogen (secondary N) is 1. The van der Waals surface area contributed by atoms with Crippen LogP contribution in [0.4, 0.5) is 5.69 Å². The number of nitrogens with two attached hydrogens (primary N) is 1. The highest BCUT2D eigenvalue weighted by Crippen LogP contribution is 2.25. The first-order valence-electron chi connectivity index (χ1n) is 5.96. The van der Waals surface area contributed by atoms with Gasteiger partial charge >= 0.3 is 0 Å². The van der Waals surface area contributed by atoms with Crippen molar-refractivity contribution in [1.82, 2.24) is 15.1 Å². The smallest absolute Gasteiger partial charge is 0.242 e. The summed E-state index contributed by atoms with van der Waals surface area (Å²) in [6, 6.07) is 5.33. The quantitative estimate of drug-likeness (QED) is 0.874. The maximum Gasteiger partial charge on any atom is 0.242 e. The van der Waals surface area contributed by atoms with Gasteiger partial charge in [-0.1, -0.05) is 17.7 Å². The lowest BCUT2D eigenvalue weighted by atomic mass is 10.2. The summed E-state index contributed by atoms with van der Waals surface area (Å²) < 4.78 is 6.68. The Balaban J connectivity index is 1.97. The second kappa shape index (κ2) is 6.29. The topological polar surface area (TPSA) is 82.2 Å². The Morgan fingerprint density at radius 1 is 1.55 bits per heavy atom. The number of benzene rings is 1. The number of hydrogen-bond donors (Lipinski definition) is 2. The summed E-state index contributed by atoms with van der Waals surface area (Å²) in [4.78, 5) is 11.8. The third-order valence-electron chi connectivity index (χ3n) is 2.72. The zero-order valence-corrected chi connectivity index (χ0v) is 11.7. The van der Waals surface area contributed by atoms with Gasteiger partial charge < -0.3 is 15.8 Å². The minimum absolute atomic E-state index is 0.101. The van der Waals surface area contributed by atoms with E-state index in [1.807, 2.05) is 0 Å². The lowest BCUT2D eigenvalue weighted by Crippen LogP contribution is -2.27. The molecule has 0 saturated carbocycles. The molecule has 2 aromatic rings. The summed E-state index contributed by atoms with van der Waals surface area (Å²) in [5.41, 5.74) is 6.79. The molecule has 0 atom stereocenters. The predicted octanol–water partition coefficient (Wildman–Crippen LogP) is 1.44. The van der Waals surface area contributed by atoms with Gasteiger partial charge in [0.15, 0.2) is 0 Å². The Labute approximate surface area is 121 Å². The minimum atomic E-state index is -0.185. The number of carbonyl (C=O) groups excluding carboxylic acids is 1. The molecule has 6 nitrogen and oxygen atoms in total. The second-order valence-corrected chi connectivity index (χ2v) is 4.58.